The van der Waals surface area contributed by atoms with Crippen LogP contribution in [-0.4, -0.2) is 80.7 Å². The van der Waals surface area contributed by atoms with E-state index in [0.29, 0.717) is 67.7 Å². The molecule has 10 heteroatoms. The first-order chi connectivity index (χ1) is 28.9. The van der Waals surface area contributed by atoms with Crippen molar-refractivity contribution in [1.29, 1.82) is 5.26 Å². The number of hydrogen-bond donors (Lipinski definition) is 1. The number of ether oxygens (including phenoxy) is 2. The van der Waals surface area contributed by atoms with Crippen molar-refractivity contribution in [2.75, 3.05) is 50.9 Å². The van der Waals surface area contributed by atoms with Crippen LogP contribution >= 0.6 is 0 Å². The SMILES string of the molecule is C=C(C)[C@@H]1CC[C@]2(NCCN3CCS(=O)(=O)CC3)CC[C@]3(C)[C@H](CC[C@@H]4[C@@]5(C)CC=C(C6=CC[C@@](COc7ncccc7C#N)(C(=O)OCC)CC6)C(C)(C)[C@@H]5CC[C@]43C)[C@@H]12. The molecule has 6 aliphatic carbocycles. The largest absolute Gasteiger partial charge is 0.475 e. The van der Waals surface area contributed by atoms with Crippen LogP contribution in [0.1, 0.15) is 131 Å². The molecule has 334 valence electrons. The molecule has 7 aliphatic rings. The van der Waals surface area contributed by atoms with Crippen LogP contribution in [0.5, 0.6) is 5.88 Å². The number of nitriles is 1. The highest BCUT2D eigenvalue weighted by Crippen LogP contribution is 2.76. The normalized spacial score (nSPS) is 40.1. The molecule has 2 heterocycles. The van der Waals surface area contributed by atoms with Gasteiger partial charge in [0.2, 0.25) is 5.88 Å². The number of nitrogens with one attached hydrogen (secondary N) is 1. The first-order valence-electron chi connectivity index (χ1n) is 23.8. The third-order valence-corrected chi connectivity index (χ3v) is 20.6. The standard InChI is InChI=1S/C51H74N4O5S/c1-9-59-45(56)50(34-60-44-37(33-52)11-10-26-53-44)21-14-36(15-22-50)39-17-19-47(6)41(46(39,4)5)18-20-49(8)42(47)13-12-40-43-38(35(2)3)16-23-51(43,25-24-48(40,49)7)54-27-28-55-29-31-61(57,58)32-30-55/h10-11,14,17,26,38,40-43,54H,2,9,12-13,15-16,18-25,27-32,34H2,1,3-8H3/t38-,40+,41-,42+,43+,47-,48+,49+,50+,51-/m0/s1. The van der Waals surface area contributed by atoms with Gasteiger partial charge >= 0.3 is 5.97 Å². The molecular weight excluding hydrogens is 781 g/mol. The van der Waals surface area contributed by atoms with Crippen molar-refractivity contribution in [3.8, 4) is 11.9 Å². The van der Waals surface area contributed by atoms with Gasteiger partial charge in [-0.25, -0.2) is 13.4 Å². The fraction of sp³-hybridized carbons (Fsp3) is 0.745. The molecule has 61 heavy (non-hydrogen) atoms. The number of hydrogen-bond acceptors (Lipinski definition) is 9. The van der Waals surface area contributed by atoms with E-state index in [1.807, 2.05) is 6.92 Å². The molecule has 5 fully saturated rings. The Labute approximate surface area is 367 Å². The number of rotatable bonds is 11. The first-order valence-corrected chi connectivity index (χ1v) is 25.6. The maximum Gasteiger partial charge on any atom is 0.315 e. The number of nitrogens with zero attached hydrogens (tertiary/aromatic N) is 3. The van der Waals surface area contributed by atoms with Crippen molar-refractivity contribution in [2.24, 2.45) is 56.7 Å². The summed E-state index contributed by atoms with van der Waals surface area (Å²) in [4.78, 5) is 20.3. The Morgan fingerprint density at radius 1 is 0.984 bits per heavy atom. The van der Waals surface area contributed by atoms with Gasteiger partial charge in [0.05, 0.1) is 18.1 Å². The Hall–Kier alpha value is -3.00. The van der Waals surface area contributed by atoms with Crippen molar-refractivity contribution >= 4 is 15.8 Å². The summed E-state index contributed by atoms with van der Waals surface area (Å²) in [5.74, 6) is 3.61. The van der Waals surface area contributed by atoms with Gasteiger partial charge in [0, 0.05) is 37.9 Å². The summed E-state index contributed by atoms with van der Waals surface area (Å²) in [5, 5.41) is 13.9. The Kier molecular flexibility index (Phi) is 11.9. The van der Waals surface area contributed by atoms with Crippen LogP contribution in [0.4, 0.5) is 0 Å². The van der Waals surface area contributed by atoms with Crippen LogP contribution in [0, 0.1) is 68.0 Å². The Morgan fingerprint density at radius 3 is 2.44 bits per heavy atom. The van der Waals surface area contributed by atoms with Crippen LogP contribution in [0.3, 0.4) is 0 Å². The molecule has 0 radical (unpaired) electrons. The van der Waals surface area contributed by atoms with E-state index in [1.54, 1.807) is 18.3 Å². The van der Waals surface area contributed by atoms with Crippen molar-refractivity contribution in [2.45, 2.75) is 131 Å². The van der Waals surface area contributed by atoms with E-state index in [2.05, 4.69) is 81.5 Å². The summed E-state index contributed by atoms with van der Waals surface area (Å²) in [6.45, 7) is 25.5. The molecule has 0 bridgehead atoms. The zero-order valence-corrected chi connectivity index (χ0v) is 39.2. The smallest absolute Gasteiger partial charge is 0.315 e. The second kappa shape index (κ2) is 16.2. The third-order valence-electron chi connectivity index (χ3n) is 19.0. The number of esters is 1. The number of allylic oxidation sites excluding steroid dienone is 5. The average Bonchev–Trinajstić information content (AvgIpc) is 3.61. The Morgan fingerprint density at radius 2 is 1.75 bits per heavy atom. The molecule has 1 aliphatic heterocycles. The molecule has 1 saturated heterocycles. The van der Waals surface area contributed by atoms with Gasteiger partial charge in [-0.2, -0.15) is 5.26 Å². The lowest BCUT2D eigenvalue weighted by molar-refractivity contribution is -0.221. The fourth-order valence-electron chi connectivity index (χ4n) is 15.6. The molecule has 0 unspecified atom stereocenters. The van der Waals surface area contributed by atoms with E-state index in [1.165, 1.54) is 68.1 Å². The summed E-state index contributed by atoms with van der Waals surface area (Å²) >= 11 is 0. The number of aromatic nitrogens is 1. The molecule has 10 atom stereocenters. The van der Waals surface area contributed by atoms with Gasteiger partial charge in [-0.05, 0) is 165 Å². The van der Waals surface area contributed by atoms with Crippen molar-refractivity contribution in [3.05, 3.63) is 59.3 Å². The molecular formula is C51H74N4O5S. The second-order valence-corrected chi connectivity index (χ2v) is 24.3. The molecule has 1 N–H and O–H groups in total. The first kappa shape index (κ1) is 44.6. The minimum Gasteiger partial charge on any atom is -0.475 e. The highest BCUT2D eigenvalue weighted by Gasteiger charge is 2.70. The predicted octanol–water partition coefficient (Wildman–Crippen LogP) is 9.26. The molecule has 0 aromatic carbocycles. The topological polar surface area (TPSA) is 122 Å². The minimum atomic E-state index is -2.88. The Balaban J connectivity index is 1.01. The maximum absolute atomic E-state index is 13.6. The van der Waals surface area contributed by atoms with Crippen LogP contribution in [-0.2, 0) is 19.4 Å². The molecule has 9 nitrogen and oxygen atoms in total. The van der Waals surface area contributed by atoms with Gasteiger partial charge in [-0.3, -0.25) is 4.79 Å². The summed E-state index contributed by atoms with van der Waals surface area (Å²) in [6, 6.07) is 5.57. The van der Waals surface area contributed by atoms with Crippen LogP contribution < -0.4 is 10.1 Å². The van der Waals surface area contributed by atoms with E-state index in [0.717, 1.165) is 25.9 Å². The lowest BCUT2D eigenvalue weighted by atomic mass is 9.33. The molecule has 0 spiro atoms. The fourth-order valence-corrected chi connectivity index (χ4v) is 16.9. The maximum atomic E-state index is 13.6. The number of carbonyl (C=O) groups is 1. The van der Waals surface area contributed by atoms with Crippen molar-refractivity contribution in [1.82, 2.24) is 15.2 Å². The van der Waals surface area contributed by atoms with Gasteiger partial charge in [0.15, 0.2) is 9.84 Å². The van der Waals surface area contributed by atoms with Crippen molar-refractivity contribution < 1.29 is 22.7 Å². The molecule has 1 aromatic heterocycles. The zero-order chi connectivity index (χ0) is 43.6. The third kappa shape index (κ3) is 7.37. The van der Waals surface area contributed by atoms with Gasteiger partial charge < -0.3 is 19.7 Å². The van der Waals surface area contributed by atoms with E-state index < -0.39 is 15.3 Å². The summed E-state index contributed by atoms with van der Waals surface area (Å²) < 4.78 is 36.0. The van der Waals surface area contributed by atoms with Gasteiger partial charge in [-0.15, -0.1) is 0 Å². The quantitative estimate of drug-likeness (QED) is 0.172. The number of sulfone groups is 1. The highest BCUT2D eigenvalue weighted by molar-refractivity contribution is 7.91. The average molecular weight is 855 g/mol. The van der Waals surface area contributed by atoms with Crippen LogP contribution in [0.15, 0.2) is 53.8 Å². The molecule has 4 saturated carbocycles. The number of carbonyl (C=O) groups excluding carboxylic acids is 1. The monoisotopic (exact) mass is 855 g/mol. The van der Waals surface area contributed by atoms with Crippen LogP contribution in [0.2, 0.25) is 0 Å². The zero-order valence-electron chi connectivity index (χ0n) is 38.4. The highest BCUT2D eigenvalue weighted by atomic mass is 32.2. The van der Waals surface area contributed by atoms with E-state index in [4.69, 9.17) is 9.47 Å². The van der Waals surface area contributed by atoms with E-state index in [-0.39, 0.29) is 57.2 Å². The Bertz CT molecular complexity index is 2090. The summed E-state index contributed by atoms with van der Waals surface area (Å²) in [5.41, 5.74) is 4.57. The molecule has 0 amide bonds. The minimum absolute atomic E-state index is 0.00528. The van der Waals surface area contributed by atoms with Gasteiger partial charge in [-0.1, -0.05) is 58.9 Å². The number of fused-ring (bicyclic) bond motifs is 7. The van der Waals surface area contributed by atoms with E-state index >= 15 is 0 Å². The lowest BCUT2D eigenvalue weighted by Crippen LogP contribution is -2.68. The summed E-state index contributed by atoms with van der Waals surface area (Å²) in [6.07, 6.45) is 19.6. The number of pyridine rings is 1. The van der Waals surface area contributed by atoms with Gasteiger partial charge in [0.1, 0.15) is 23.7 Å². The van der Waals surface area contributed by atoms with Crippen LogP contribution in [0.25, 0.3) is 0 Å². The lowest BCUT2D eigenvalue weighted by Gasteiger charge is -2.72. The predicted molar refractivity (Wildman–Crippen MR) is 241 cm³/mol. The van der Waals surface area contributed by atoms with Crippen molar-refractivity contribution in [3.63, 3.8) is 0 Å². The summed E-state index contributed by atoms with van der Waals surface area (Å²) in [7, 11) is -2.88. The van der Waals surface area contributed by atoms with Gasteiger partial charge in [0.25, 0.3) is 0 Å². The molecule has 8 rings (SSSR count). The second-order valence-electron chi connectivity index (χ2n) is 22.0. The molecule has 1 aromatic rings. The van der Waals surface area contributed by atoms with E-state index in [9.17, 15) is 18.5 Å².